The van der Waals surface area contributed by atoms with Gasteiger partial charge in [0, 0.05) is 67.2 Å². The fraction of sp³-hybridized carbons (Fsp3) is 0.450. The van der Waals surface area contributed by atoms with Gasteiger partial charge in [-0.25, -0.2) is 4.98 Å². The summed E-state index contributed by atoms with van der Waals surface area (Å²) in [6, 6.07) is 24.8. The van der Waals surface area contributed by atoms with Crippen LogP contribution in [0.5, 0.6) is 11.5 Å². The van der Waals surface area contributed by atoms with Gasteiger partial charge in [0.25, 0.3) is 0 Å². The standard InChI is InChI=1S/C60H74Cl2N8O8/c1-38-56(73)65-49(37-77-59(76)60(2,3)4)58(75)67(7)46(30-40-19-24-44(61)25-20-40)33-54(71)64-48-17-13-14-18-50(48)69(9)57(74)43(29-39-15-11-10-12-16-39)31-55(72)70(38)35-42-21-26-45(62)32-52(42)78-47-27-22-41(23-28-47)51-34-63-53(68(51)8)36-66(5)6/h10-12,15-16,19-28,32,34,38,43,46,48-50H,13-14,17-18,29-31,33,35-37H2,1-9H3,(H,64,71)(H,65,73)/t38-,43+,46-,48-,49-,50-/m0/s1. The number of imidazole rings is 1. The average Bonchev–Trinajstić information content (AvgIpc) is 3.78. The highest BCUT2D eigenvalue weighted by Crippen LogP contribution is 2.33. The van der Waals surface area contributed by atoms with Crippen molar-refractivity contribution in [3.05, 3.63) is 136 Å². The number of hydrogen-bond donors (Lipinski definition) is 2. The lowest BCUT2D eigenvalue weighted by atomic mass is 9.87. The Kier molecular flexibility index (Phi) is 19.8. The van der Waals surface area contributed by atoms with E-state index in [1.807, 2.05) is 98.6 Å². The number of likely N-dealkylation sites (N-methyl/N-ethyl adjacent to an activating group) is 2. The van der Waals surface area contributed by atoms with Crippen LogP contribution >= 0.6 is 23.2 Å². The molecule has 1 saturated carbocycles. The summed E-state index contributed by atoms with van der Waals surface area (Å²) in [5.41, 5.74) is 3.03. The zero-order chi connectivity index (χ0) is 56.4. The molecule has 18 heteroatoms. The molecule has 1 aromatic heterocycles. The molecule has 0 bridgehead atoms. The van der Waals surface area contributed by atoms with Gasteiger partial charge >= 0.3 is 5.97 Å². The number of fused-ring (bicyclic) bond motifs is 1. The first-order valence-corrected chi connectivity index (χ1v) is 27.4. The zero-order valence-corrected chi connectivity index (χ0v) is 47.8. The van der Waals surface area contributed by atoms with E-state index < -0.39 is 71.8 Å². The number of carbonyl (C=O) groups is 6. The van der Waals surface area contributed by atoms with E-state index in [1.54, 1.807) is 77.0 Å². The van der Waals surface area contributed by atoms with Gasteiger partial charge in [-0.3, -0.25) is 28.8 Å². The van der Waals surface area contributed by atoms with E-state index in [-0.39, 0.29) is 44.0 Å². The molecule has 0 unspecified atom stereocenters. The Morgan fingerprint density at radius 3 is 2.13 bits per heavy atom. The van der Waals surface area contributed by atoms with Crippen LogP contribution in [0, 0.1) is 11.3 Å². The summed E-state index contributed by atoms with van der Waals surface area (Å²) >= 11 is 12.9. The van der Waals surface area contributed by atoms with E-state index >= 15 is 9.59 Å². The van der Waals surface area contributed by atoms with Crippen molar-refractivity contribution in [2.24, 2.45) is 18.4 Å². The summed E-state index contributed by atoms with van der Waals surface area (Å²) in [5.74, 6) is -2.26. The Balaban J connectivity index is 1.29. The molecular weight excluding hydrogens is 1030 g/mol. The normalized spacial score (nSPS) is 21.4. The second-order valence-electron chi connectivity index (χ2n) is 22.0. The molecular formula is C60H74Cl2N8O8. The quantitative estimate of drug-likeness (QED) is 0.109. The summed E-state index contributed by atoms with van der Waals surface area (Å²) in [4.78, 5) is 99.3. The fourth-order valence-electron chi connectivity index (χ4n) is 10.1. The number of hydrogen-bond acceptors (Lipinski definition) is 10. The van der Waals surface area contributed by atoms with E-state index in [1.165, 1.54) is 9.80 Å². The maximum absolute atomic E-state index is 15.4. The predicted octanol–water partition coefficient (Wildman–Crippen LogP) is 8.65. The van der Waals surface area contributed by atoms with Crippen molar-refractivity contribution in [2.75, 3.05) is 34.8 Å². The molecule has 1 aliphatic heterocycles. The van der Waals surface area contributed by atoms with Gasteiger partial charge in [-0.05, 0) is 127 Å². The second-order valence-corrected chi connectivity index (χ2v) is 22.9. The molecule has 5 amide bonds. The Hall–Kier alpha value is -6.75. The van der Waals surface area contributed by atoms with Crippen LogP contribution in [0.25, 0.3) is 11.3 Å². The Labute approximate surface area is 468 Å². The van der Waals surface area contributed by atoms with Crippen molar-refractivity contribution in [2.45, 2.75) is 122 Å². The SMILES string of the molecule is C[C@H]1C(=O)N[C@@H](COC(=O)C(C)(C)C)C(=O)N(C)[C@@H](Cc2ccc(Cl)cc2)CC(=O)N[C@H]2CCCC[C@@H]2N(C)C(=O)[C@H](Cc2ccccc2)CC(=O)N1Cc1ccc(Cl)cc1Oc1ccc(-c2cnc(CN(C)C)n2C)cc1. The van der Waals surface area contributed by atoms with Crippen LogP contribution < -0.4 is 15.4 Å². The third-order valence-electron chi connectivity index (χ3n) is 14.8. The molecule has 16 nitrogen and oxygen atoms in total. The molecule has 2 fully saturated rings. The molecule has 416 valence electrons. The maximum atomic E-state index is 15.4. The lowest BCUT2D eigenvalue weighted by Gasteiger charge is -2.40. The van der Waals surface area contributed by atoms with E-state index in [4.69, 9.17) is 32.7 Å². The van der Waals surface area contributed by atoms with Crippen LogP contribution in [0.15, 0.2) is 103 Å². The third-order valence-corrected chi connectivity index (χ3v) is 15.3. The Morgan fingerprint density at radius 2 is 1.45 bits per heavy atom. The lowest BCUT2D eigenvalue weighted by Crippen LogP contribution is -2.59. The number of esters is 1. The number of nitrogens with one attached hydrogen (secondary N) is 2. The molecule has 2 N–H and O–H groups in total. The predicted molar refractivity (Wildman–Crippen MR) is 301 cm³/mol. The second kappa shape index (κ2) is 26.3. The number of halogens is 2. The minimum Gasteiger partial charge on any atom is -0.463 e. The van der Waals surface area contributed by atoms with Crippen molar-refractivity contribution in [1.82, 2.24) is 39.8 Å². The minimum absolute atomic E-state index is 0.124. The third kappa shape index (κ3) is 15.3. The van der Waals surface area contributed by atoms with Gasteiger partial charge in [-0.2, -0.15) is 0 Å². The molecule has 7 rings (SSSR count). The van der Waals surface area contributed by atoms with Crippen LogP contribution in [0.4, 0.5) is 0 Å². The highest BCUT2D eigenvalue weighted by Gasteiger charge is 2.40. The summed E-state index contributed by atoms with van der Waals surface area (Å²) in [6.07, 6.45) is 4.75. The number of rotatable bonds is 13. The molecule has 6 atom stereocenters. The number of carbonyl (C=O) groups excluding carboxylic acids is 6. The van der Waals surface area contributed by atoms with Crippen molar-refractivity contribution in [1.29, 1.82) is 0 Å². The lowest BCUT2D eigenvalue weighted by molar-refractivity contribution is -0.156. The summed E-state index contributed by atoms with van der Waals surface area (Å²) < 4.78 is 14.3. The van der Waals surface area contributed by atoms with Crippen molar-refractivity contribution in [3.8, 4) is 22.8 Å². The average molecular weight is 1110 g/mol. The van der Waals surface area contributed by atoms with Crippen molar-refractivity contribution in [3.63, 3.8) is 0 Å². The number of amides is 5. The van der Waals surface area contributed by atoms with E-state index in [2.05, 4.69) is 20.5 Å². The topological polar surface area (TPSA) is 176 Å². The van der Waals surface area contributed by atoms with Crippen LogP contribution in [0.2, 0.25) is 10.0 Å². The van der Waals surface area contributed by atoms with Crippen molar-refractivity contribution < 1.29 is 38.2 Å². The van der Waals surface area contributed by atoms with Crippen LogP contribution in [-0.2, 0) is 66.5 Å². The van der Waals surface area contributed by atoms with Gasteiger partial charge in [0.2, 0.25) is 29.5 Å². The first-order chi connectivity index (χ1) is 37.1. The highest BCUT2D eigenvalue weighted by atomic mass is 35.5. The molecule has 2 heterocycles. The first-order valence-electron chi connectivity index (χ1n) is 26.7. The number of aromatic nitrogens is 2. The number of ether oxygens (including phenoxy) is 2. The molecule has 1 saturated heterocycles. The van der Waals surface area contributed by atoms with Gasteiger partial charge in [0.05, 0.1) is 42.4 Å². The summed E-state index contributed by atoms with van der Waals surface area (Å²) in [7, 11) is 9.24. The van der Waals surface area contributed by atoms with Gasteiger partial charge in [0.1, 0.15) is 36.0 Å². The molecule has 2 aliphatic rings. The summed E-state index contributed by atoms with van der Waals surface area (Å²) in [6.45, 7) is 6.54. The largest absolute Gasteiger partial charge is 0.463 e. The zero-order valence-electron chi connectivity index (χ0n) is 46.3. The smallest absolute Gasteiger partial charge is 0.311 e. The molecule has 4 aromatic carbocycles. The van der Waals surface area contributed by atoms with Gasteiger partial charge in [0.15, 0.2) is 0 Å². The van der Waals surface area contributed by atoms with Gasteiger partial charge in [-0.1, -0.05) is 84.6 Å². The molecule has 78 heavy (non-hydrogen) atoms. The van der Waals surface area contributed by atoms with E-state index in [9.17, 15) is 19.2 Å². The summed E-state index contributed by atoms with van der Waals surface area (Å²) in [5, 5.41) is 6.96. The van der Waals surface area contributed by atoms with Crippen molar-refractivity contribution >= 4 is 58.7 Å². The van der Waals surface area contributed by atoms with Crippen LogP contribution in [-0.4, -0.2) is 130 Å². The highest BCUT2D eigenvalue weighted by molar-refractivity contribution is 6.31. The first kappa shape index (κ1) is 58.9. The van der Waals surface area contributed by atoms with Crippen LogP contribution in [0.3, 0.4) is 0 Å². The number of nitrogens with zero attached hydrogens (tertiary/aromatic N) is 6. The fourth-order valence-corrected chi connectivity index (χ4v) is 10.4. The monoisotopic (exact) mass is 1100 g/mol. The molecule has 5 aromatic rings. The van der Waals surface area contributed by atoms with Gasteiger partial charge < -0.3 is 44.3 Å². The van der Waals surface area contributed by atoms with Crippen LogP contribution in [0.1, 0.15) is 88.7 Å². The minimum atomic E-state index is -1.45. The Morgan fingerprint density at radius 1 is 0.782 bits per heavy atom. The molecule has 0 spiro atoms. The van der Waals surface area contributed by atoms with Gasteiger partial charge in [-0.15, -0.1) is 0 Å². The number of benzene rings is 4. The maximum Gasteiger partial charge on any atom is 0.311 e. The Bertz CT molecular complexity index is 2910. The van der Waals surface area contributed by atoms with E-state index in [0.29, 0.717) is 46.5 Å². The molecule has 1 aliphatic carbocycles. The van der Waals surface area contributed by atoms with E-state index in [0.717, 1.165) is 41.1 Å². The molecule has 0 radical (unpaired) electrons.